The maximum Gasteiger partial charge on any atom is 0.229 e. The molecule has 0 saturated carbocycles. The summed E-state index contributed by atoms with van der Waals surface area (Å²) in [4.78, 5) is 23.5. The van der Waals surface area contributed by atoms with E-state index in [1.54, 1.807) is 23.5 Å². The molecule has 196 valence electrons. The van der Waals surface area contributed by atoms with Gasteiger partial charge in [-0.25, -0.2) is 0 Å². The van der Waals surface area contributed by atoms with Crippen LogP contribution in [0.2, 0.25) is 0 Å². The van der Waals surface area contributed by atoms with Gasteiger partial charge in [0.05, 0.1) is 11.5 Å². The summed E-state index contributed by atoms with van der Waals surface area (Å²) in [7, 11) is 0. The molecule has 0 saturated heterocycles. The second kappa shape index (κ2) is 26.1. The summed E-state index contributed by atoms with van der Waals surface area (Å²) in [6.07, 6.45) is 13.8. The van der Waals surface area contributed by atoms with Crippen LogP contribution in [0.5, 0.6) is 0 Å². The van der Waals surface area contributed by atoms with Gasteiger partial charge in [0.25, 0.3) is 0 Å². The molecule has 0 fully saturated rings. The zero-order valence-electron chi connectivity index (χ0n) is 20.8. The molecule has 0 heterocycles. The van der Waals surface area contributed by atoms with Gasteiger partial charge in [-0.1, -0.05) is 38.5 Å². The number of unbranched alkanes of at least 4 members (excludes halogenated alkanes) is 5. The summed E-state index contributed by atoms with van der Waals surface area (Å²) in [5.74, 6) is 3.93. The molecule has 0 aromatic heterocycles. The van der Waals surface area contributed by atoms with E-state index in [9.17, 15) is 9.59 Å². The second-order valence-corrected chi connectivity index (χ2v) is 10.8. The highest BCUT2D eigenvalue weighted by Crippen LogP contribution is 2.22. The minimum absolute atomic E-state index is 0.117. The molecule has 0 aliphatic rings. The molecule has 0 rings (SSSR count). The molecule has 0 aromatic carbocycles. The van der Waals surface area contributed by atoms with Gasteiger partial charge in [0.1, 0.15) is 0 Å². The first-order valence-electron chi connectivity index (χ1n) is 12.9. The molecule has 0 aliphatic heterocycles. The van der Waals surface area contributed by atoms with Gasteiger partial charge >= 0.3 is 0 Å². The fraction of sp³-hybridized carbons (Fsp3) is 0.917. The number of carbonyl (C=O) groups excluding carboxylic acids is 2. The van der Waals surface area contributed by atoms with E-state index in [-0.39, 0.29) is 11.8 Å². The highest BCUT2D eigenvalue weighted by Gasteiger charge is 2.09. The zero-order chi connectivity index (χ0) is 24.4. The van der Waals surface area contributed by atoms with Crippen molar-refractivity contribution in [2.45, 2.75) is 77.0 Å². The van der Waals surface area contributed by atoms with E-state index in [0.717, 1.165) is 88.5 Å². The lowest BCUT2D eigenvalue weighted by molar-refractivity contribution is -0.119. The second-order valence-electron chi connectivity index (χ2n) is 8.59. The Morgan fingerprint density at radius 1 is 0.576 bits per heavy atom. The van der Waals surface area contributed by atoms with Gasteiger partial charge in [-0.05, 0) is 63.3 Å². The van der Waals surface area contributed by atoms with Crippen LogP contribution >= 0.6 is 23.5 Å². The normalized spacial score (nSPS) is 12.0. The van der Waals surface area contributed by atoms with Crippen molar-refractivity contribution in [3.63, 3.8) is 0 Å². The Hall–Kier alpha value is -0.480. The predicted octanol–water partition coefficient (Wildman–Crippen LogP) is 2.86. The number of thioether (sulfide) groups is 2. The number of rotatable bonds is 25. The van der Waals surface area contributed by atoms with Gasteiger partial charge in [0.15, 0.2) is 0 Å². The highest BCUT2D eigenvalue weighted by atomic mass is 32.2. The van der Waals surface area contributed by atoms with E-state index in [0.29, 0.717) is 18.1 Å². The predicted molar refractivity (Wildman–Crippen MR) is 147 cm³/mol. The lowest BCUT2D eigenvalue weighted by Crippen LogP contribution is -2.26. The SMILES string of the molecule is NCCCCSCC(=O)NCCCCCC(CCCN)CCCCCNC(=O)CSCCN. The minimum Gasteiger partial charge on any atom is -0.355 e. The summed E-state index contributed by atoms with van der Waals surface area (Å²) in [6, 6.07) is 0. The molecule has 7 nitrogen and oxygen atoms in total. The van der Waals surface area contributed by atoms with Crippen LogP contribution in [0.3, 0.4) is 0 Å². The summed E-state index contributed by atoms with van der Waals surface area (Å²) < 4.78 is 0. The van der Waals surface area contributed by atoms with Crippen molar-refractivity contribution in [2.75, 3.05) is 55.7 Å². The maximum absolute atomic E-state index is 11.8. The lowest BCUT2D eigenvalue weighted by atomic mass is 9.91. The largest absolute Gasteiger partial charge is 0.355 e. The quantitative estimate of drug-likeness (QED) is 0.120. The molecular weight excluding hydrogens is 454 g/mol. The first kappa shape index (κ1) is 32.5. The van der Waals surface area contributed by atoms with Crippen molar-refractivity contribution in [1.29, 1.82) is 0 Å². The topological polar surface area (TPSA) is 136 Å². The number of amides is 2. The van der Waals surface area contributed by atoms with Crippen LogP contribution < -0.4 is 27.8 Å². The summed E-state index contributed by atoms with van der Waals surface area (Å²) in [5.41, 5.74) is 16.6. The Labute approximate surface area is 211 Å². The number of carbonyl (C=O) groups is 2. The maximum atomic E-state index is 11.8. The van der Waals surface area contributed by atoms with E-state index >= 15 is 0 Å². The van der Waals surface area contributed by atoms with E-state index < -0.39 is 0 Å². The van der Waals surface area contributed by atoms with Gasteiger partial charge in [0, 0.05) is 25.4 Å². The van der Waals surface area contributed by atoms with Gasteiger partial charge < -0.3 is 27.8 Å². The number of hydrogen-bond donors (Lipinski definition) is 5. The molecule has 8 N–H and O–H groups in total. The minimum atomic E-state index is 0.117. The third kappa shape index (κ3) is 24.4. The molecule has 1 unspecified atom stereocenters. The Morgan fingerprint density at radius 2 is 1.09 bits per heavy atom. The molecular formula is C24H51N5O2S2. The molecule has 33 heavy (non-hydrogen) atoms. The number of hydrogen-bond acceptors (Lipinski definition) is 7. The number of nitrogens with one attached hydrogen (secondary N) is 2. The number of nitrogens with two attached hydrogens (primary N) is 3. The third-order valence-corrected chi connectivity index (χ3v) is 7.54. The average Bonchev–Trinajstić information content (AvgIpc) is 2.81. The van der Waals surface area contributed by atoms with Crippen LogP contribution in [-0.2, 0) is 9.59 Å². The van der Waals surface area contributed by atoms with Crippen molar-refractivity contribution >= 4 is 35.3 Å². The van der Waals surface area contributed by atoms with E-state index in [1.807, 2.05) is 0 Å². The van der Waals surface area contributed by atoms with Crippen molar-refractivity contribution in [2.24, 2.45) is 23.1 Å². The smallest absolute Gasteiger partial charge is 0.229 e. The summed E-state index contributed by atoms with van der Waals surface area (Å²) >= 11 is 3.28. The average molecular weight is 506 g/mol. The Morgan fingerprint density at radius 3 is 1.61 bits per heavy atom. The fourth-order valence-corrected chi connectivity index (χ4v) is 5.07. The van der Waals surface area contributed by atoms with E-state index in [2.05, 4.69) is 10.6 Å². The van der Waals surface area contributed by atoms with Gasteiger partial charge in [-0.2, -0.15) is 23.5 Å². The van der Waals surface area contributed by atoms with Crippen LogP contribution in [0.15, 0.2) is 0 Å². The summed E-state index contributed by atoms with van der Waals surface area (Å²) in [5, 5.41) is 6.03. The van der Waals surface area contributed by atoms with Crippen molar-refractivity contribution in [1.82, 2.24) is 10.6 Å². The van der Waals surface area contributed by atoms with Crippen LogP contribution in [0, 0.1) is 5.92 Å². The molecule has 2 amide bonds. The van der Waals surface area contributed by atoms with Crippen LogP contribution in [0.1, 0.15) is 77.0 Å². The summed E-state index contributed by atoms with van der Waals surface area (Å²) in [6.45, 7) is 3.67. The van der Waals surface area contributed by atoms with Crippen molar-refractivity contribution in [3.05, 3.63) is 0 Å². The van der Waals surface area contributed by atoms with Crippen LogP contribution in [-0.4, -0.2) is 67.5 Å². The van der Waals surface area contributed by atoms with Crippen molar-refractivity contribution in [3.8, 4) is 0 Å². The van der Waals surface area contributed by atoms with Gasteiger partial charge in [0.2, 0.25) is 11.8 Å². The Balaban J connectivity index is 3.71. The fourth-order valence-electron chi connectivity index (χ4n) is 3.63. The third-order valence-electron chi connectivity index (χ3n) is 5.51. The molecule has 0 spiro atoms. The molecule has 0 aliphatic carbocycles. The Bertz CT molecular complexity index is 459. The molecule has 0 bridgehead atoms. The highest BCUT2D eigenvalue weighted by molar-refractivity contribution is 8.00. The monoisotopic (exact) mass is 505 g/mol. The van der Waals surface area contributed by atoms with Crippen molar-refractivity contribution < 1.29 is 9.59 Å². The molecule has 1 atom stereocenters. The molecule has 9 heteroatoms. The van der Waals surface area contributed by atoms with E-state index in [1.165, 1.54) is 32.1 Å². The first-order valence-corrected chi connectivity index (χ1v) is 15.2. The van der Waals surface area contributed by atoms with Gasteiger partial charge in [-0.3, -0.25) is 9.59 Å². The molecule has 0 radical (unpaired) electrons. The van der Waals surface area contributed by atoms with Crippen LogP contribution in [0.4, 0.5) is 0 Å². The van der Waals surface area contributed by atoms with Gasteiger partial charge in [-0.15, -0.1) is 0 Å². The first-order chi connectivity index (χ1) is 16.1. The zero-order valence-corrected chi connectivity index (χ0v) is 22.4. The molecule has 0 aromatic rings. The Kier molecular flexibility index (Phi) is 25.8. The standard InChI is InChI=1S/C24H51N5O2S2/c25-13-5-8-18-32-20-23(30)28-16-6-1-3-10-22(12-9-14-26)11-4-2-7-17-29-24(31)21-33-19-15-27/h22H,1-21,25-27H2,(H,28,30)(H,29,31). The van der Waals surface area contributed by atoms with Crippen LogP contribution in [0.25, 0.3) is 0 Å². The van der Waals surface area contributed by atoms with E-state index in [4.69, 9.17) is 17.2 Å². The lowest BCUT2D eigenvalue weighted by Gasteiger charge is -2.16.